The molecule has 2 aromatic rings. The Kier molecular flexibility index (Phi) is 5.93. The van der Waals surface area contributed by atoms with Crippen molar-refractivity contribution in [2.24, 2.45) is 0 Å². The van der Waals surface area contributed by atoms with Crippen molar-refractivity contribution in [1.82, 2.24) is 4.90 Å². The summed E-state index contributed by atoms with van der Waals surface area (Å²) in [6, 6.07) is 10.5. The standard InChI is InChI=1S/C21H22F3NO3/c1-2-28-18-12-6-4-9-15(18)19(25-13-7-11-17(25)20(26)27)14-8-3-5-10-16(14)21(22,23)24/h3-6,8-10,12,17,19H,2,7,11,13H2,1H3,(H,26,27). The molecule has 4 nitrogen and oxygen atoms in total. The molecule has 0 spiro atoms. The van der Waals surface area contributed by atoms with Crippen molar-refractivity contribution >= 4 is 5.97 Å². The number of para-hydroxylation sites is 1. The summed E-state index contributed by atoms with van der Waals surface area (Å²) in [6.45, 7) is 2.55. The van der Waals surface area contributed by atoms with Crippen molar-refractivity contribution in [3.05, 3.63) is 65.2 Å². The van der Waals surface area contributed by atoms with E-state index in [1.807, 2.05) is 0 Å². The highest BCUT2D eigenvalue weighted by molar-refractivity contribution is 5.74. The third kappa shape index (κ3) is 3.99. The van der Waals surface area contributed by atoms with Gasteiger partial charge in [0, 0.05) is 12.1 Å². The summed E-state index contributed by atoms with van der Waals surface area (Å²) in [5, 5.41) is 9.63. The molecule has 7 heteroatoms. The number of likely N-dealkylation sites (tertiary alicyclic amines) is 1. The van der Waals surface area contributed by atoms with Gasteiger partial charge in [0.2, 0.25) is 0 Å². The minimum absolute atomic E-state index is 0.0373. The number of hydrogen-bond donors (Lipinski definition) is 1. The Morgan fingerprint density at radius 1 is 1.18 bits per heavy atom. The molecule has 150 valence electrons. The number of aliphatic carboxylic acids is 1. The molecular formula is C21H22F3NO3. The highest BCUT2D eigenvalue weighted by Gasteiger charge is 2.42. The Morgan fingerprint density at radius 3 is 2.46 bits per heavy atom. The van der Waals surface area contributed by atoms with E-state index in [2.05, 4.69) is 0 Å². The zero-order valence-electron chi connectivity index (χ0n) is 15.4. The van der Waals surface area contributed by atoms with Gasteiger partial charge in [0.25, 0.3) is 0 Å². The van der Waals surface area contributed by atoms with Crippen LogP contribution in [0.4, 0.5) is 13.2 Å². The zero-order chi connectivity index (χ0) is 20.3. The van der Waals surface area contributed by atoms with E-state index in [0.29, 0.717) is 37.3 Å². The minimum Gasteiger partial charge on any atom is -0.494 e. The van der Waals surface area contributed by atoms with Crippen LogP contribution >= 0.6 is 0 Å². The van der Waals surface area contributed by atoms with Gasteiger partial charge in [-0.1, -0.05) is 36.4 Å². The van der Waals surface area contributed by atoms with Gasteiger partial charge in [0.05, 0.1) is 18.2 Å². The molecule has 1 aliphatic heterocycles. The summed E-state index contributed by atoms with van der Waals surface area (Å²) in [4.78, 5) is 13.4. The Balaban J connectivity index is 2.22. The largest absolute Gasteiger partial charge is 0.494 e. The predicted molar refractivity (Wildman–Crippen MR) is 98.3 cm³/mol. The minimum atomic E-state index is -4.55. The topological polar surface area (TPSA) is 49.8 Å². The highest BCUT2D eigenvalue weighted by Crippen LogP contribution is 2.43. The molecule has 0 aliphatic carbocycles. The molecule has 1 heterocycles. The fourth-order valence-electron chi connectivity index (χ4n) is 3.88. The van der Waals surface area contributed by atoms with Gasteiger partial charge >= 0.3 is 12.1 Å². The Hall–Kier alpha value is -2.54. The third-order valence-corrected chi connectivity index (χ3v) is 4.99. The van der Waals surface area contributed by atoms with Crippen molar-refractivity contribution in [3.63, 3.8) is 0 Å². The lowest BCUT2D eigenvalue weighted by Crippen LogP contribution is -2.40. The van der Waals surface area contributed by atoms with E-state index in [-0.39, 0.29) is 5.56 Å². The quantitative estimate of drug-likeness (QED) is 0.770. The van der Waals surface area contributed by atoms with Gasteiger partial charge in [0.15, 0.2) is 0 Å². The van der Waals surface area contributed by atoms with E-state index in [1.54, 1.807) is 42.2 Å². The molecule has 2 atom stereocenters. The molecule has 1 saturated heterocycles. The maximum absolute atomic E-state index is 13.7. The molecule has 28 heavy (non-hydrogen) atoms. The predicted octanol–water partition coefficient (Wildman–Crippen LogP) is 4.74. The van der Waals surface area contributed by atoms with Crippen LogP contribution in [0.1, 0.15) is 42.5 Å². The van der Waals surface area contributed by atoms with E-state index in [9.17, 15) is 23.1 Å². The molecule has 0 saturated carbocycles. The lowest BCUT2D eigenvalue weighted by molar-refractivity contribution is -0.143. The van der Waals surface area contributed by atoms with Gasteiger partial charge in [0.1, 0.15) is 11.8 Å². The molecular weight excluding hydrogens is 371 g/mol. The maximum Gasteiger partial charge on any atom is 0.416 e. The first-order valence-corrected chi connectivity index (χ1v) is 9.21. The van der Waals surface area contributed by atoms with Gasteiger partial charge in [-0.05, 0) is 37.5 Å². The Bertz CT molecular complexity index is 838. The first kappa shape index (κ1) is 20.2. The summed E-state index contributed by atoms with van der Waals surface area (Å²) >= 11 is 0. The van der Waals surface area contributed by atoms with Gasteiger partial charge in [-0.25, -0.2) is 0 Å². The normalized spacial score (nSPS) is 18.8. The second kappa shape index (κ2) is 8.22. The number of carbonyl (C=O) groups is 1. The number of carboxylic acids is 1. The van der Waals surface area contributed by atoms with E-state index < -0.39 is 29.8 Å². The SMILES string of the molecule is CCOc1ccccc1C(c1ccccc1C(F)(F)F)N1CCCC1C(=O)O. The van der Waals surface area contributed by atoms with Crippen molar-refractivity contribution in [3.8, 4) is 5.75 Å². The average molecular weight is 393 g/mol. The van der Waals surface area contributed by atoms with E-state index in [1.165, 1.54) is 12.1 Å². The van der Waals surface area contributed by atoms with Crippen LogP contribution in [-0.4, -0.2) is 35.2 Å². The number of nitrogens with zero attached hydrogens (tertiary/aromatic N) is 1. The lowest BCUT2D eigenvalue weighted by Gasteiger charge is -2.34. The second-order valence-electron chi connectivity index (χ2n) is 6.69. The van der Waals surface area contributed by atoms with Crippen LogP contribution in [0, 0.1) is 0 Å². The van der Waals surface area contributed by atoms with Crippen LogP contribution in [0.2, 0.25) is 0 Å². The number of rotatable bonds is 6. The maximum atomic E-state index is 13.7. The fraction of sp³-hybridized carbons (Fsp3) is 0.381. The van der Waals surface area contributed by atoms with Gasteiger partial charge in [-0.15, -0.1) is 0 Å². The Labute approximate surface area is 161 Å². The molecule has 3 rings (SSSR count). The highest BCUT2D eigenvalue weighted by atomic mass is 19.4. The van der Waals surface area contributed by atoms with Crippen molar-refractivity contribution in [2.45, 2.75) is 38.0 Å². The van der Waals surface area contributed by atoms with Gasteiger partial charge < -0.3 is 9.84 Å². The molecule has 0 amide bonds. The summed E-state index contributed by atoms with van der Waals surface area (Å²) in [6.07, 6.45) is -3.54. The zero-order valence-corrected chi connectivity index (χ0v) is 15.4. The number of ether oxygens (including phenoxy) is 1. The van der Waals surface area contributed by atoms with Crippen LogP contribution in [0.15, 0.2) is 48.5 Å². The number of carboxylic acid groups (broad SMARTS) is 1. The van der Waals surface area contributed by atoms with Crippen LogP contribution in [-0.2, 0) is 11.0 Å². The number of halogens is 3. The van der Waals surface area contributed by atoms with Crippen LogP contribution in [0.5, 0.6) is 5.75 Å². The summed E-state index contributed by atoms with van der Waals surface area (Å²) < 4.78 is 46.9. The third-order valence-electron chi connectivity index (χ3n) is 4.99. The van der Waals surface area contributed by atoms with Crippen LogP contribution < -0.4 is 4.74 Å². The first-order chi connectivity index (χ1) is 13.3. The van der Waals surface area contributed by atoms with E-state index >= 15 is 0 Å². The monoisotopic (exact) mass is 393 g/mol. The fourth-order valence-corrected chi connectivity index (χ4v) is 3.88. The number of hydrogen-bond acceptors (Lipinski definition) is 3. The smallest absolute Gasteiger partial charge is 0.416 e. The van der Waals surface area contributed by atoms with Crippen molar-refractivity contribution in [2.75, 3.05) is 13.2 Å². The van der Waals surface area contributed by atoms with Gasteiger partial charge in [-0.2, -0.15) is 13.2 Å². The molecule has 2 aromatic carbocycles. The summed E-state index contributed by atoms with van der Waals surface area (Å²) in [5.41, 5.74) is -0.188. The van der Waals surface area contributed by atoms with Crippen LogP contribution in [0.25, 0.3) is 0 Å². The molecule has 0 bridgehead atoms. The van der Waals surface area contributed by atoms with E-state index in [4.69, 9.17) is 4.74 Å². The first-order valence-electron chi connectivity index (χ1n) is 9.21. The second-order valence-corrected chi connectivity index (χ2v) is 6.69. The molecule has 1 N–H and O–H groups in total. The molecule has 2 unspecified atom stereocenters. The molecule has 1 fully saturated rings. The molecule has 1 aliphatic rings. The average Bonchev–Trinajstić information content (AvgIpc) is 3.13. The van der Waals surface area contributed by atoms with Crippen molar-refractivity contribution in [1.29, 1.82) is 0 Å². The lowest BCUT2D eigenvalue weighted by atomic mass is 9.91. The summed E-state index contributed by atoms with van der Waals surface area (Å²) in [5.74, 6) is -0.566. The Morgan fingerprint density at radius 2 is 1.82 bits per heavy atom. The molecule has 0 radical (unpaired) electrons. The van der Waals surface area contributed by atoms with E-state index in [0.717, 1.165) is 6.07 Å². The van der Waals surface area contributed by atoms with Crippen molar-refractivity contribution < 1.29 is 27.8 Å². The molecule has 0 aromatic heterocycles. The number of alkyl halides is 3. The van der Waals surface area contributed by atoms with Crippen LogP contribution in [0.3, 0.4) is 0 Å². The summed E-state index contributed by atoms with van der Waals surface area (Å²) in [7, 11) is 0. The van der Waals surface area contributed by atoms with Gasteiger partial charge in [-0.3, -0.25) is 9.69 Å². The number of benzene rings is 2.